The van der Waals surface area contributed by atoms with E-state index in [4.69, 9.17) is 26.5 Å². The Balaban J connectivity index is 2.20. The fourth-order valence-corrected chi connectivity index (χ4v) is 2.11. The quantitative estimate of drug-likeness (QED) is 0.921. The second-order valence-corrected chi connectivity index (χ2v) is 4.69. The van der Waals surface area contributed by atoms with Crippen molar-refractivity contribution < 1.29 is 9.15 Å². The summed E-state index contributed by atoms with van der Waals surface area (Å²) < 4.78 is 10.6. The lowest BCUT2D eigenvalue weighted by Crippen LogP contribution is -2.13. The number of rotatable bonds is 4. The minimum atomic E-state index is -0.130. The topological polar surface area (TPSA) is 48.4 Å². The number of methoxy groups -OCH3 is 1. The van der Waals surface area contributed by atoms with Crippen LogP contribution in [0.5, 0.6) is 5.75 Å². The normalized spacial score (nSPS) is 12.4. The zero-order valence-corrected chi connectivity index (χ0v) is 11.2. The van der Waals surface area contributed by atoms with Crippen LogP contribution in [0.4, 0.5) is 0 Å². The zero-order valence-electron chi connectivity index (χ0n) is 10.4. The van der Waals surface area contributed by atoms with Crippen LogP contribution in [0, 0.1) is 6.92 Å². The molecule has 2 aromatic rings. The summed E-state index contributed by atoms with van der Waals surface area (Å²) in [5.41, 5.74) is 8.13. The first kappa shape index (κ1) is 13.0. The molecule has 2 rings (SSSR count). The fraction of sp³-hybridized carbons (Fsp3) is 0.286. The largest absolute Gasteiger partial charge is 0.496 e. The molecule has 1 aromatic carbocycles. The van der Waals surface area contributed by atoms with Crippen molar-refractivity contribution in [2.24, 2.45) is 5.73 Å². The van der Waals surface area contributed by atoms with E-state index >= 15 is 0 Å². The molecule has 0 saturated carbocycles. The molecule has 4 heteroatoms. The molecule has 1 atom stereocenters. The Morgan fingerprint density at radius 3 is 2.78 bits per heavy atom. The van der Waals surface area contributed by atoms with Crippen molar-refractivity contribution >= 4 is 11.6 Å². The van der Waals surface area contributed by atoms with Crippen LogP contribution in [-0.4, -0.2) is 7.11 Å². The first-order chi connectivity index (χ1) is 8.60. The highest BCUT2D eigenvalue weighted by molar-refractivity contribution is 6.30. The Bertz CT molecular complexity index is 536. The fourth-order valence-electron chi connectivity index (χ4n) is 1.92. The summed E-state index contributed by atoms with van der Waals surface area (Å²) in [6.07, 6.45) is 2.35. The molecule has 0 aliphatic heterocycles. The van der Waals surface area contributed by atoms with Crippen LogP contribution in [0.3, 0.4) is 0 Å². The molecule has 0 spiro atoms. The van der Waals surface area contributed by atoms with Crippen LogP contribution in [0.25, 0.3) is 0 Å². The van der Waals surface area contributed by atoms with E-state index in [1.54, 1.807) is 19.4 Å². The van der Waals surface area contributed by atoms with Crippen molar-refractivity contribution in [3.63, 3.8) is 0 Å². The predicted octanol–water partition coefficient (Wildman–Crippen LogP) is 3.49. The first-order valence-corrected chi connectivity index (χ1v) is 6.11. The van der Waals surface area contributed by atoms with Crippen molar-refractivity contribution in [2.75, 3.05) is 7.11 Å². The molecule has 1 unspecified atom stereocenters. The van der Waals surface area contributed by atoms with E-state index in [1.807, 2.05) is 25.1 Å². The van der Waals surface area contributed by atoms with Gasteiger partial charge in [-0.15, -0.1) is 0 Å². The van der Waals surface area contributed by atoms with E-state index in [0.717, 1.165) is 22.6 Å². The molecule has 0 amide bonds. The van der Waals surface area contributed by atoms with Crippen LogP contribution in [0.2, 0.25) is 5.02 Å². The lowest BCUT2D eigenvalue weighted by Gasteiger charge is -2.13. The lowest BCUT2D eigenvalue weighted by atomic mass is 10.0. The number of furan rings is 1. The Morgan fingerprint density at radius 1 is 1.39 bits per heavy atom. The SMILES string of the molecule is COc1ccc(Cl)cc1CC(N)c1coc(C)c1. The molecular weight excluding hydrogens is 250 g/mol. The molecular formula is C14H16ClNO2. The van der Waals surface area contributed by atoms with E-state index in [-0.39, 0.29) is 6.04 Å². The third kappa shape index (κ3) is 2.86. The minimum Gasteiger partial charge on any atom is -0.496 e. The molecule has 2 N–H and O–H groups in total. The Labute approximate surface area is 111 Å². The van der Waals surface area contributed by atoms with Gasteiger partial charge in [-0.05, 0) is 43.2 Å². The van der Waals surface area contributed by atoms with Crippen LogP contribution in [-0.2, 0) is 6.42 Å². The van der Waals surface area contributed by atoms with Gasteiger partial charge in [0.05, 0.1) is 13.4 Å². The second-order valence-electron chi connectivity index (χ2n) is 4.26. The second kappa shape index (κ2) is 5.46. The van der Waals surface area contributed by atoms with Crippen LogP contribution < -0.4 is 10.5 Å². The molecule has 1 heterocycles. The first-order valence-electron chi connectivity index (χ1n) is 5.73. The highest BCUT2D eigenvalue weighted by Crippen LogP contribution is 2.27. The van der Waals surface area contributed by atoms with Gasteiger partial charge in [-0.3, -0.25) is 0 Å². The molecule has 0 aliphatic rings. The van der Waals surface area contributed by atoms with Crippen molar-refractivity contribution in [2.45, 2.75) is 19.4 Å². The number of benzene rings is 1. The van der Waals surface area contributed by atoms with Gasteiger partial charge in [0.15, 0.2) is 0 Å². The van der Waals surface area contributed by atoms with Crippen molar-refractivity contribution in [3.8, 4) is 5.75 Å². The third-order valence-corrected chi connectivity index (χ3v) is 3.10. The molecule has 0 saturated heterocycles. The summed E-state index contributed by atoms with van der Waals surface area (Å²) in [6, 6.07) is 7.35. The maximum absolute atomic E-state index is 6.16. The number of ether oxygens (including phenoxy) is 1. The average Bonchev–Trinajstić information content (AvgIpc) is 2.76. The molecule has 0 fully saturated rings. The summed E-state index contributed by atoms with van der Waals surface area (Å²) in [4.78, 5) is 0. The molecule has 0 aliphatic carbocycles. The maximum Gasteiger partial charge on any atom is 0.122 e. The van der Waals surface area contributed by atoms with Gasteiger partial charge in [-0.25, -0.2) is 0 Å². The van der Waals surface area contributed by atoms with Crippen LogP contribution in [0.1, 0.15) is 22.9 Å². The summed E-state index contributed by atoms with van der Waals surface area (Å²) in [7, 11) is 1.64. The number of halogens is 1. The number of nitrogens with two attached hydrogens (primary N) is 1. The number of hydrogen-bond acceptors (Lipinski definition) is 3. The molecule has 3 nitrogen and oxygen atoms in total. The van der Waals surface area contributed by atoms with Gasteiger partial charge in [-0.1, -0.05) is 11.6 Å². The highest BCUT2D eigenvalue weighted by atomic mass is 35.5. The molecule has 0 bridgehead atoms. The number of aryl methyl sites for hydroxylation is 1. The van der Waals surface area contributed by atoms with Gasteiger partial charge in [0, 0.05) is 16.6 Å². The Morgan fingerprint density at radius 2 is 2.17 bits per heavy atom. The van der Waals surface area contributed by atoms with Crippen molar-refractivity contribution in [1.29, 1.82) is 0 Å². The van der Waals surface area contributed by atoms with Gasteiger partial charge in [-0.2, -0.15) is 0 Å². The minimum absolute atomic E-state index is 0.130. The maximum atomic E-state index is 6.16. The summed E-state index contributed by atoms with van der Waals surface area (Å²) in [5, 5.41) is 0.682. The van der Waals surface area contributed by atoms with E-state index in [2.05, 4.69) is 0 Å². The van der Waals surface area contributed by atoms with Crippen molar-refractivity contribution in [3.05, 3.63) is 52.4 Å². The van der Waals surface area contributed by atoms with Gasteiger partial charge in [0.25, 0.3) is 0 Å². The monoisotopic (exact) mass is 265 g/mol. The molecule has 0 radical (unpaired) electrons. The number of hydrogen-bond donors (Lipinski definition) is 1. The van der Waals surface area contributed by atoms with E-state index in [0.29, 0.717) is 11.4 Å². The van der Waals surface area contributed by atoms with Crippen LogP contribution in [0.15, 0.2) is 34.9 Å². The highest BCUT2D eigenvalue weighted by Gasteiger charge is 2.13. The van der Waals surface area contributed by atoms with E-state index in [1.165, 1.54) is 0 Å². The smallest absolute Gasteiger partial charge is 0.122 e. The predicted molar refractivity (Wildman–Crippen MR) is 72.1 cm³/mol. The van der Waals surface area contributed by atoms with E-state index in [9.17, 15) is 0 Å². The van der Waals surface area contributed by atoms with Crippen molar-refractivity contribution in [1.82, 2.24) is 0 Å². The van der Waals surface area contributed by atoms with Gasteiger partial charge in [0.1, 0.15) is 11.5 Å². The van der Waals surface area contributed by atoms with Crippen LogP contribution >= 0.6 is 11.6 Å². The lowest BCUT2D eigenvalue weighted by molar-refractivity contribution is 0.408. The Hall–Kier alpha value is -1.45. The summed E-state index contributed by atoms with van der Waals surface area (Å²) in [6.45, 7) is 1.90. The van der Waals surface area contributed by atoms with Gasteiger partial charge < -0.3 is 14.9 Å². The van der Waals surface area contributed by atoms with Gasteiger partial charge >= 0.3 is 0 Å². The summed E-state index contributed by atoms with van der Waals surface area (Å²) in [5.74, 6) is 1.66. The molecule has 96 valence electrons. The molecule has 18 heavy (non-hydrogen) atoms. The Kier molecular flexibility index (Phi) is 3.94. The zero-order chi connectivity index (χ0) is 13.1. The standard InChI is InChI=1S/C14H16ClNO2/c1-9-5-11(8-18-9)13(16)7-10-6-12(15)3-4-14(10)17-2/h3-6,8,13H,7,16H2,1-2H3. The molecule has 1 aromatic heterocycles. The van der Waals surface area contributed by atoms with Gasteiger partial charge in [0.2, 0.25) is 0 Å². The summed E-state index contributed by atoms with van der Waals surface area (Å²) >= 11 is 5.99. The average molecular weight is 266 g/mol. The third-order valence-electron chi connectivity index (χ3n) is 2.86. The van der Waals surface area contributed by atoms with E-state index < -0.39 is 0 Å².